The van der Waals surface area contributed by atoms with Gasteiger partial charge in [-0.3, -0.25) is 0 Å². The molecular formula is C21H27NO2. The van der Waals surface area contributed by atoms with Gasteiger partial charge in [-0.1, -0.05) is 32.0 Å². The summed E-state index contributed by atoms with van der Waals surface area (Å²) in [5, 5.41) is 0. The molecule has 0 spiro atoms. The predicted molar refractivity (Wildman–Crippen MR) is 99.1 cm³/mol. The van der Waals surface area contributed by atoms with E-state index in [0.29, 0.717) is 0 Å². The van der Waals surface area contributed by atoms with Gasteiger partial charge in [-0.25, -0.2) is 0 Å². The molecule has 1 aliphatic heterocycles. The molecule has 1 atom stereocenters. The zero-order chi connectivity index (χ0) is 17.1. The third-order valence-electron chi connectivity index (χ3n) is 4.80. The molecule has 0 saturated carbocycles. The molecule has 0 fully saturated rings. The molecule has 0 amide bonds. The maximum absolute atomic E-state index is 6.37. The number of likely N-dealkylation sites (N-methyl/N-ethyl adjacent to an activating group) is 1. The first-order valence-electron chi connectivity index (χ1n) is 8.81. The highest BCUT2D eigenvalue weighted by Gasteiger charge is 2.27. The monoisotopic (exact) mass is 325 g/mol. The standard InChI is InChI=1S/C21H27NO2/c1-5-22(6-2)14-19-13-17-11-15(3)12-20(21(17)24-19)16-7-9-18(23-4)10-8-16/h7-12,19H,5-6,13-14H2,1-4H3. The van der Waals surface area contributed by atoms with Crippen LogP contribution in [0.2, 0.25) is 0 Å². The molecule has 1 heterocycles. The lowest BCUT2D eigenvalue weighted by Crippen LogP contribution is -2.34. The Morgan fingerprint density at radius 3 is 2.46 bits per heavy atom. The van der Waals surface area contributed by atoms with Crippen LogP contribution in [0, 0.1) is 6.92 Å². The van der Waals surface area contributed by atoms with Crippen LogP contribution < -0.4 is 9.47 Å². The van der Waals surface area contributed by atoms with Crippen molar-refractivity contribution in [2.24, 2.45) is 0 Å². The summed E-state index contributed by atoms with van der Waals surface area (Å²) in [6.45, 7) is 9.69. The van der Waals surface area contributed by atoms with Crippen LogP contribution in [-0.2, 0) is 6.42 Å². The van der Waals surface area contributed by atoms with Crippen molar-refractivity contribution in [2.75, 3.05) is 26.7 Å². The molecule has 0 N–H and O–H groups in total. The number of hydrogen-bond donors (Lipinski definition) is 0. The summed E-state index contributed by atoms with van der Waals surface area (Å²) in [5.74, 6) is 1.94. The Labute approximate surface area is 145 Å². The highest BCUT2D eigenvalue weighted by Crippen LogP contribution is 2.40. The molecule has 0 radical (unpaired) electrons. The lowest BCUT2D eigenvalue weighted by atomic mass is 9.97. The van der Waals surface area contributed by atoms with Gasteiger partial charge in [0.2, 0.25) is 0 Å². The molecule has 0 aliphatic carbocycles. The normalized spacial score (nSPS) is 16.1. The molecule has 128 valence electrons. The zero-order valence-corrected chi connectivity index (χ0v) is 15.1. The third kappa shape index (κ3) is 3.41. The fourth-order valence-electron chi connectivity index (χ4n) is 3.45. The number of fused-ring (bicyclic) bond motifs is 1. The fourth-order valence-corrected chi connectivity index (χ4v) is 3.45. The van der Waals surface area contributed by atoms with E-state index >= 15 is 0 Å². The average Bonchev–Trinajstić information content (AvgIpc) is 3.01. The lowest BCUT2D eigenvalue weighted by molar-refractivity contribution is 0.159. The molecule has 0 bridgehead atoms. The number of rotatable bonds is 6. The van der Waals surface area contributed by atoms with Crippen molar-refractivity contribution in [3.05, 3.63) is 47.5 Å². The molecule has 1 aliphatic rings. The predicted octanol–water partition coefficient (Wildman–Crippen LogP) is 4.32. The van der Waals surface area contributed by atoms with Gasteiger partial charge in [-0.2, -0.15) is 0 Å². The highest BCUT2D eigenvalue weighted by molar-refractivity contribution is 5.74. The van der Waals surface area contributed by atoms with Gasteiger partial charge in [0.05, 0.1) is 7.11 Å². The first kappa shape index (κ1) is 16.8. The van der Waals surface area contributed by atoms with E-state index in [-0.39, 0.29) is 6.10 Å². The Balaban J connectivity index is 1.89. The second-order valence-electron chi connectivity index (χ2n) is 6.46. The minimum atomic E-state index is 0.249. The molecule has 1 unspecified atom stereocenters. The van der Waals surface area contributed by atoms with Crippen LogP contribution in [0.4, 0.5) is 0 Å². The molecule has 0 saturated heterocycles. The maximum atomic E-state index is 6.37. The number of methoxy groups -OCH3 is 1. The summed E-state index contributed by atoms with van der Waals surface area (Å²) in [6, 6.07) is 12.7. The van der Waals surface area contributed by atoms with Gasteiger partial charge >= 0.3 is 0 Å². The van der Waals surface area contributed by atoms with Crippen LogP contribution in [0.15, 0.2) is 36.4 Å². The van der Waals surface area contributed by atoms with E-state index in [2.05, 4.69) is 49.9 Å². The van der Waals surface area contributed by atoms with Crippen molar-refractivity contribution in [3.8, 4) is 22.6 Å². The topological polar surface area (TPSA) is 21.7 Å². The van der Waals surface area contributed by atoms with Gasteiger partial charge in [0.15, 0.2) is 0 Å². The smallest absolute Gasteiger partial charge is 0.130 e. The summed E-state index contributed by atoms with van der Waals surface area (Å²) in [6.07, 6.45) is 1.25. The second kappa shape index (κ2) is 7.27. The maximum Gasteiger partial charge on any atom is 0.130 e. The highest BCUT2D eigenvalue weighted by atomic mass is 16.5. The summed E-state index contributed by atoms with van der Waals surface area (Å²) in [7, 11) is 1.69. The summed E-state index contributed by atoms with van der Waals surface area (Å²) in [5.41, 5.74) is 4.98. The lowest BCUT2D eigenvalue weighted by Gasteiger charge is -2.22. The van der Waals surface area contributed by atoms with Gasteiger partial charge in [-0.05, 0) is 54.9 Å². The molecule has 3 nitrogen and oxygen atoms in total. The van der Waals surface area contributed by atoms with E-state index in [1.807, 2.05) is 12.1 Å². The molecule has 2 aromatic rings. The van der Waals surface area contributed by atoms with E-state index in [9.17, 15) is 0 Å². The van der Waals surface area contributed by atoms with Crippen molar-refractivity contribution in [2.45, 2.75) is 33.3 Å². The van der Waals surface area contributed by atoms with Crippen LogP contribution >= 0.6 is 0 Å². The van der Waals surface area contributed by atoms with E-state index in [4.69, 9.17) is 9.47 Å². The SMILES string of the molecule is CCN(CC)CC1Cc2cc(C)cc(-c3ccc(OC)cc3)c2O1. The van der Waals surface area contributed by atoms with Gasteiger partial charge in [0.25, 0.3) is 0 Å². The number of ether oxygens (including phenoxy) is 2. The molecule has 0 aromatic heterocycles. The molecule has 24 heavy (non-hydrogen) atoms. The quantitative estimate of drug-likeness (QED) is 0.790. The fraction of sp³-hybridized carbons (Fsp3) is 0.429. The molecule has 3 rings (SSSR count). The van der Waals surface area contributed by atoms with E-state index in [1.54, 1.807) is 7.11 Å². The van der Waals surface area contributed by atoms with Crippen LogP contribution in [0.5, 0.6) is 11.5 Å². The van der Waals surface area contributed by atoms with Crippen molar-refractivity contribution in [1.29, 1.82) is 0 Å². The number of nitrogens with zero attached hydrogens (tertiary/aromatic N) is 1. The Morgan fingerprint density at radius 2 is 1.83 bits per heavy atom. The van der Waals surface area contributed by atoms with Gasteiger partial charge < -0.3 is 14.4 Å². The average molecular weight is 325 g/mol. The largest absolute Gasteiger partial charge is 0.497 e. The Kier molecular flexibility index (Phi) is 5.10. The van der Waals surface area contributed by atoms with E-state index < -0.39 is 0 Å². The van der Waals surface area contributed by atoms with Gasteiger partial charge in [0, 0.05) is 18.5 Å². The third-order valence-corrected chi connectivity index (χ3v) is 4.80. The number of benzene rings is 2. The Hall–Kier alpha value is -2.00. The first-order valence-corrected chi connectivity index (χ1v) is 8.81. The Bertz CT molecular complexity index is 690. The minimum absolute atomic E-state index is 0.249. The van der Waals surface area contributed by atoms with Crippen molar-refractivity contribution < 1.29 is 9.47 Å². The van der Waals surface area contributed by atoms with Crippen LogP contribution in [0.25, 0.3) is 11.1 Å². The van der Waals surface area contributed by atoms with Crippen molar-refractivity contribution >= 4 is 0 Å². The summed E-state index contributed by atoms with van der Waals surface area (Å²) in [4.78, 5) is 2.43. The summed E-state index contributed by atoms with van der Waals surface area (Å²) >= 11 is 0. The number of aryl methyl sites for hydroxylation is 1. The summed E-state index contributed by atoms with van der Waals surface area (Å²) < 4.78 is 11.6. The van der Waals surface area contributed by atoms with E-state index in [0.717, 1.165) is 37.6 Å². The van der Waals surface area contributed by atoms with Gasteiger partial charge in [-0.15, -0.1) is 0 Å². The number of hydrogen-bond acceptors (Lipinski definition) is 3. The van der Waals surface area contributed by atoms with Crippen molar-refractivity contribution in [3.63, 3.8) is 0 Å². The Morgan fingerprint density at radius 1 is 1.12 bits per heavy atom. The van der Waals surface area contributed by atoms with E-state index in [1.165, 1.54) is 22.3 Å². The molecule has 3 heteroatoms. The first-order chi connectivity index (χ1) is 11.6. The van der Waals surface area contributed by atoms with Crippen molar-refractivity contribution in [1.82, 2.24) is 4.90 Å². The van der Waals surface area contributed by atoms with Crippen LogP contribution in [0.1, 0.15) is 25.0 Å². The van der Waals surface area contributed by atoms with Crippen LogP contribution in [-0.4, -0.2) is 37.7 Å². The second-order valence-corrected chi connectivity index (χ2v) is 6.46. The van der Waals surface area contributed by atoms with Gasteiger partial charge in [0.1, 0.15) is 17.6 Å². The molecular weight excluding hydrogens is 298 g/mol. The van der Waals surface area contributed by atoms with Crippen LogP contribution in [0.3, 0.4) is 0 Å². The minimum Gasteiger partial charge on any atom is -0.497 e. The molecule has 2 aromatic carbocycles. The zero-order valence-electron chi connectivity index (χ0n) is 15.1.